The fourth-order valence-corrected chi connectivity index (χ4v) is 3.59. The van der Waals surface area contributed by atoms with Crippen LogP contribution in [0.4, 0.5) is 10.1 Å². The fourth-order valence-electron chi connectivity index (χ4n) is 3.43. The number of carbonyl (C=O) groups is 2. The Kier molecular flexibility index (Phi) is 5.17. The van der Waals surface area contributed by atoms with Crippen LogP contribution in [0.5, 0.6) is 0 Å². The lowest BCUT2D eigenvalue weighted by Crippen LogP contribution is -2.31. The van der Waals surface area contributed by atoms with Gasteiger partial charge in [0.05, 0.1) is 11.3 Å². The summed E-state index contributed by atoms with van der Waals surface area (Å²) in [5, 5.41) is 3.08. The molecule has 3 aromatic rings. The molecule has 0 spiro atoms. The van der Waals surface area contributed by atoms with E-state index in [1.54, 1.807) is 36.4 Å². The number of aromatic nitrogens is 2. The molecule has 0 fully saturated rings. The number of anilines is 1. The van der Waals surface area contributed by atoms with E-state index in [9.17, 15) is 14.0 Å². The Morgan fingerprint density at radius 3 is 2.83 bits per heavy atom. The van der Waals surface area contributed by atoms with Crippen molar-refractivity contribution in [1.29, 1.82) is 0 Å². The highest BCUT2D eigenvalue weighted by Crippen LogP contribution is 2.29. The van der Waals surface area contributed by atoms with Gasteiger partial charge >= 0.3 is 0 Å². The monoisotopic (exact) mass is 412 g/mol. The molecule has 0 bridgehead atoms. The summed E-state index contributed by atoms with van der Waals surface area (Å²) in [6.07, 6.45) is 0.713. The van der Waals surface area contributed by atoms with Gasteiger partial charge in [0.1, 0.15) is 17.9 Å². The first kappa shape index (κ1) is 19.3. The van der Waals surface area contributed by atoms with Gasteiger partial charge in [-0.2, -0.15) is 0 Å². The number of rotatable bonds is 4. The molecular weight excluding hydrogens is 395 g/mol. The number of benzene rings is 2. The first-order valence-corrected chi connectivity index (χ1v) is 9.44. The van der Waals surface area contributed by atoms with E-state index < -0.39 is 11.7 Å². The lowest BCUT2D eigenvalue weighted by atomic mass is 10.2. The van der Waals surface area contributed by atoms with Crippen LogP contribution >= 0.6 is 11.6 Å². The molecule has 4 rings (SSSR count). The second-order valence-electron chi connectivity index (χ2n) is 6.94. The van der Waals surface area contributed by atoms with E-state index >= 15 is 0 Å². The highest BCUT2D eigenvalue weighted by Gasteiger charge is 2.28. The number of fused-ring (bicyclic) bond motifs is 1. The van der Waals surface area contributed by atoms with Gasteiger partial charge in [-0.3, -0.25) is 14.5 Å². The highest BCUT2D eigenvalue weighted by atomic mass is 35.5. The number of hydrogen-bond acceptors (Lipinski definition) is 4. The summed E-state index contributed by atoms with van der Waals surface area (Å²) in [7, 11) is 1.95. The van der Waals surface area contributed by atoms with Crippen LogP contribution in [0, 0.1) is 5.82 Å². The zero-order valence-corrected chi connectivity index (χ0v) is 16.4. The largest absolute Gasteiger partial charge is 0.325 e. The van der Waals surface area contributed by atoms with Crippen LogP contribution < -0.4 is 5.32 Å². The maximum absolute atomic E-state index is 14.5. The van der Waals surface area contributed by atoms with Gasteiger partial charge in [0.15, 0.2) is 5.69 Å². The van der Waals surface area contributed by atoms with E-state index in [-0.39, 0.29) is 5.69 Å². The molecular formula is C21H18ClFN4O2. The molecule has 0 atom stereocenters. The third kappa shape index (κ3) is 3.79. The number of carbonyl (C=O) groups excluding carboxylic acids is 2. The Hall–Kier alpha value is -3.03. The normalized spacial score (nSPS) is 13.8. The Bertz CT molecular complexity index is 1110. The van der Waals surface area contributed by atoms with Crippen LogP contribution in [0.15, 0.2) is 42.5 Å². The predicted molar refractivity (Wildman–Crippen MR) is 109 cm³/mol. The van der Waals surface area contributed by atoms with Gasteiger partial charge < -0.3 is 9.88 Å². The molecule has 1 N–H and O–H groups in total. The molecule has 1 aliphatic rings. The number of halogens is 2. The molecule has 2 heterocycles. The van der Waals surface area contributed by atoms with Gasteiger partial charge in [-0.1, -0.05) is 23.7 Å². The van der Waals surface area contributed by atoms with Crippen LogP contribution in [-0.2, 0) is 13.1 Å². The molecule has 1 aliphatic heterocycles. The molecule has 0 saturated heterocycles. The van der Waals surface area contributed by atoms with Crippen molar-refractivity contribution < 1.29 is 14.0 Å². The third-order valence-electron chi connectivity index (χ3n) is 4.87. The molecule has 1 amide bonds. The van der Waals surface area contributed by atoms with Crippen molar-refractivity contribution in [2.75, 3.05) is 18.9 Å². The Labute approximate surface area is 171 Å². The number of aldehydes is 1. The van der Waals surface area contributed by atoms with Crippen molar-refractivity contribution in [1.82, 2.24) is 14.5 Å². The van der Waals surface area contributed by atoms with E-state index in [1.807, 2.05) is 11.6 Å². The van der Waals surface area contributed by atoms with Gasteiger partial charge in [-0.25, -0.2) is 9.37 Å². The van der Waals surface area contributed by atoms with E-state index in [4.69, 9.17) is 11.6 Å². The minimum absolute atomic E-state index is 0.234. The lowest BCUT2D eigenvalue weighted by Gasteiger charge is -2.25. The quantitative estimate of drug-likeness (QED) is 0.661. The Morgan fingerprint density at radius 2 is 2.07 bits per heavy atom. The summed E-state index contributed by atoms with van der Waals surface area (Å²) in [6.45, 7) is 1.86. The number of hydrogen-bond donors (Lipinski definition) is 1. The molecule has 6 nitrogen and oxygen atoms in total. The number of nitrogens with one attached hydrogen (secondary N) is 1. The first-order valence-electron chi connectivity index (χ1n) is 9.06. The van der Waals surface area contributed by atoms with Crippen LogP contribution in [0.1, 0.15) is 26.5 Å². The SMILES string of the molecule is CN1CCn2c(-c3ccc(Cl)cc3F)nc(C(=O)Nc3cccc(C=O)c3)c2C1. The van der Waals surface area contributed by atoms with Crippen molar-refractivity contribution in [2.24, 2.45) is 0 Å². The van der Waals surface area contributed by atoms with Crippen molar-refractivity contribution in [2.45, 2.75) is 13.1 Å². The average molecular weight is 413 g/mol. The van der Waals surface area contributed by atoms with E-state index in [2.05, 4.69) is 15.2 Å². The van der Waals surface area contributed by atoms with Gasteiger partial charge in [-0.15, -0.1) is 0 Å². The Morgan fingerprint density at radius 1 is 1.24 bits per heavy atom. The summed E-state index contributed by atoms with van der Waals surface area (Å²) in [5.41, 5.74) is 2.19. The van der Waals surface area contributed by atoms with E-state index in [0.717, 1.165) is 6.54 Å². The number of nitrogens with zero attached hydrogens (tertiary/aromatic N) is 3. The number of amides is 1. The molecule has 8 heteroatoms. The maximum atomic E-state index is 14.5. The molecule has 0 saturated carbocycles. The summed E-state index contributed by atoms with van der Waals surface area (Å²) in [6, 6.07) is 11.0. The van der Waals surface area contributed by atoms with Gasteiger partial charge in [-0.05, 0) is 37.4 Å². The summed E-state index contributed by atoms with van der Waals surface area (Å²) >= 11 is 5.87. The molecule has 29 heavy (non-hydrogen) atoms. The van der Waals surface area contributed by atoms with Crippen LogP contribution in [-0.4, -0.2) is 40.2 Å². The number of imidazole rings is 1. The van der Waals surface area contributed by atoms with E-state index in [0.29, 0.717) is 52.7 Å². The summed E-state index contributed by atoms with van der Waals surface area (Å²) < 4.78 is 16.4. The Balaban J connectivity index is 1.76. The summed E-state index contributed by atoms with van der Waals surface area (Å²) in [4.78, 5) is 30.5. The van der Waals surface area contributed by atoms with Crippen LogP contribution in [0.2, 0.25) is 5.02 Å². The molecule has 1 aromatic heterocycles. The highest BCUT2D eigenvalue weighted by molar-refractivity contribution is 6.30. The standard InChI is InChI=1S/C21H18ClFN4O2/c1-26-7-8-27-18(11-26)19(21(29)24-15-4-2-3-13(9-15)12-28)25-20(27)16-6-5-14(22)10-17(16)23/h2-6,9-10,12H,7-8,11H2,1H3,(H,24,29). The second-order valence-corrected chi connectivity index (χ2v) is 7.38. The number of likely N-dealkylation sites (N-methyl/N-ethyl adjacent to an activating group) is 1. The van der Waals surface area contributed by atoms with Crippen molar-refractivity contribution in [3.05, 3.63) is 70.3 Å². The van der Waals surface area contributed by atoms with Crippen LogP contribution in [0.25, 0.3) is 11.4 Å². The topological polar surface area (TPSA) is 67.2 Å². The molecule has 148 valence electrons. The molecule has 2 aromatic carbocycles. The first-order chi connectivity index (χ1) is 14.0. The zero-order chi connectivity index (χ0) is 20.5. The lowest BCUT2D eigenvalue weighted by molar-refractivity contribution is 0.101. The van der Waals surface area contributed by atoms with Gasteiger partial charge in [0.25, 0.3) is 5.91 Å². The van der Waals surface area contributed by atoms with Gasteiger partial charge in [0, 0.05) is 35.9 Å². The third-order valence-corrected chi connectivity index (χ3v) is 5.10. The van der Waals surface area contributed by atoms with Crippen molar-refractivity contribution in [3.8, 4) is 11.4 Å². The zero-order valence-electron chi connectivity index (χ0n) is 15.7. The molecule has 0 radical (unpaired) electrons. The van der Waals surface area contributed by atoms with Crippen molar-refractivity contribution >= 4 is 29.5 Å². The molecule has 0 aliphatic carbocycles. The minimum Gasteiger partial charge on any atom is -0.325 e. The minimum atomic E-state index is -0.491. The van der Waals surface area contributed by atoms with Gasteiger partial charge in [0.2, 0.25) is 0 Å². The maximum Gasteiger partial charge on any atom is 0.276 e. The smallest absolute Gasteiger partial charge is 0.276 e. The van der Waals surface area contributed by atoms with Crippen molar-refractivity contribution in [3.63, 3.8) is 0 Å². The predicted octanol–water partition coefficient (Wildman–Crippen LogP) is 3.85. The fraction of sp³-hybridized carbons (Fsp3) is 0.190. The summed E-state index contributed by atoms with van der Waals surface area (Å²) in [5.74, 6) is -0.503. The molecule has 0 unspecified atom stereocenters. The van der Waals surface area contributed by atoms with E-state index in [1.165, 1.54) is 6.07 Å². The second kappa shape index (κ2) is 7.77. The average Bonchev–Trinajstić information content (AvgIpc) is 3.06. The van der Waals surface area contributed by atoms with Crippen LogP contribution in [0.3, 0.4) is 0 Å².